The highest BCUT2D eigenvalue weighted by molar-refractivity contribution is 9.10. The van der Waals surface area contributed by atoms with Crippen molar-refractivity contribution in [3.8, 4) is 0 Å². The fraction of sp³-hybridized carbons (Fsp3) is 0.111. The van der Waals surface area contributed by atoms with Gasteiger partial charge in [0.2, 0.25) is 5.78 Å². The molecule has 0 spiro atoms. The fourth-order valence-corrected chi connectivity index (χ4v) is 1.48. The van der Waals surface area contributed by atoms with Gasteiger partial charge in [-0.25, -0.2) is 4.98 Å². The van der Waals surface area contributed by atoms with E-state index < -0.39 is 0 Å². The van der Waals surface area contributed by atoms with Crippen LogP contribution in [0.3, 0.4) is 0 Å². The highest BCUT2D eigenvalue weighted by atomic mass is 79.9. The van der Waals surface area contributed by atoms with Gasteiger partial charge in [0.15, 0.2) is 5.76 Å². The first kappa shape index (κ1) is 9.21. The Labute approximate surface area is 88.7 Å². The molecule has 2 aromatic heterocycles. The maximum atomic E-state index is 11.7. The summed E-state index contributed by atoms with van der Waals surface area (Å²) >= 11 is 3.22. The fourth-order valence-electron chi connectivity index (χ4n) is 1.10. The van der Waals surface area contributed by atoms with Gasteiger partial charge in [0.1, 0.15) is 5.69 Å². The van der Waals surface area contributed by atoms with Gasteiger partial charge in [0.05, 0.1) is 17.1 Å². The van der Waals surface area contributed by atoms with E-state index in [0.29, 0.717) is 10.2 Å². The van der Waals surface area contributed by atoms with E-state index in [2.05, 4.69) is 20.9 Å². The molecule has 0 aliphatic heterocycles. The van der Waals surface area contributed by atoms with Gasteiger partial charge >= 0.3 is 0 Å². The van der Waals surface area contributed by atoms with Crippen LogP contribution in [0, 0.1) is 0 Å². The number of halogens is 1. The van der Waals surface area contributed by atoms with E-state index in [0.717, 1.165) is 0 Å². The van der Waals surface area contributed by atoms with Crippen LogP contribution in [0.1, 0.15) is 16.2 Å². The summed E-state index contributed by atoms with van der Waals surface area (Å²) in [6, 6.07) is 1.68. The minimum atomic E-state index is -0.220. The number of hydrogen-bond donors (Lipinski definition) is 0. The van der Waals surface area contributed by atoms with E-state index in [-0.39, 0.29) is 11.5 Å². The quantitative estimate of drug-likeness (QED) is 0.771. The zero-order valence-electron chi connectivity index (χ0n) is 7.40. The maximum absolute atomic E-state index is 11.7. The lowest BCUT2D eigenvalue weighted by molar-refractivity contribution is 0.100. The number of aromatic nitrogens is 2. The number of imidazole rings is 1. The molecule has 2 heterocycles. The molecule has 0 N–H and O–H groups in total. The summed E-state index contributed by atoms with van der Waals surface area (Å²) in [5.41, 5.74) is 0.378. The first-order valence-electron chi connectivity index (χ1n) is 3.94. The summed E-state index contributed by atoms with van der Waals surface area (Å²) in [6.45, 7) is 0. The van der Waals surface area contributed by atoms with Crippen LogP contribution in [0.2, 0.25) is 0 Å². The first-order valence-corrected chi connectivity index (χ1v) is 4.73. The molecular formula is C9H7BrN2O2. The monoisotopic (exact) mass is 254 g/mol. The minimum absolute atomic E-state index is 0.220. The van der Waals surface area contributed by atoms with Crippen molar-refractivity contribution in [2.24, 2.45) is 7.05 Å². The lowest BCUT2D eigenvalue weighted by atomic mass is 10.2. The molecule has 5 heteroatoms. The Balaban J connectivity index is 2.38. The minimum Gasteiger partial charge on any atom is -0.460 e. The Hall–Kier alpha value is -1.36. The lowest BCUT2D eigenvalue weighted by Gasteiger charge is -1.92. The summed E-state index contributed by atoms with van der Waals surface area (Å²) in [4.78, 5) is 15.7. The summed E-state index contributed by atoms with van der Waals surface area (Å²) in [5.74, 6) is 0.0613. The standard InChI is InChI=1S/C9H7BrN2O2/c1-12-4-7(11-5-12)8(13)9-6(10)2-3-14-9/h2-5H,1H3. The second-order valence-corrected chi connectivity index (χ2v) is 3.71. The van der Waals surface area contributed by atoms with Crippen LogP contribution in [0.4, 0.5) is 0 Å². The molecule has 0 saturated carbocycles. The van der Waals surface area contributed by atoms with Crippen LogP contribution in [-0.2, 0) is 7.05 Å². The zero-order chi connectivity index (χ0) is 10.1. The predicted molar refractivity (Wildman–Crippen MR) is 53.0 cm³/mol. The van der Waals surface area contributed by atoms with Gasteiger partial charge in [-0.05, 0) is 22.0 Å². The van der Waals surface area contributed by atoms with E-state index >= 15 is 0 Å². The van der Waals surface area contributed by atoms with Crippen molar-refractivity contribution in [1.82, 2.24) is 9.55 Å². The third-order valence-corrected chi connectivity index (χ3v) is 2.39. The van der Waals surface area contributed by atoms with Crippen LogP contribution in [0.15, 0.2) is 33.7 Å². The summed E-state index contributed by atoms with van der Waals surface area (Å²) in [7, 11) is 1.81. The van der Waals surface area contributed by atoms with Crippen molar-refractivity contribution in [2.45, 2.75) is 0 Å². The van der Waals surface area contributed by atoms with Gasteiger partial charge < -0.3 is 8.98 Å². The van der Waals surface area contributed by atoms with Crippen LogP contribution in [0.25, 0.3) is 0 Å². The summed E-state index contributed by atoms with van der Waals surface area (Å²) < 4.78 is 7.40. The molecule has 2 aromatic rings. The average molecular weight is 255 g/mol. The van der Waals surface area contributed by atoms with Crippen molar-refractivity contribution < 1.29 is 9.21 Å². The molecular weight excluding hydrogens is 248 g/mol. The normalized spacial score (nSPS) is 10.4. The molecule has 4 nitrogen and oxygen atoms in total. The summed E-state index contributed by atoms with van der Waals surface area (Å²) in [6.07, 6.45) is 4.68. The smallest absolute Gasteiger partial charge is 0.249 e. The number of rotatable bonds is 2. The second-order valence-electron chi connectivity index (χ2n) is 2.85. The average Bonchev–Trinajstić information content (AvgIpc) is 2.73. The number of aryl methyl sites for hydroxylation is 1. The van der Waals surface area contributed by atoms with Crippen molar-refractivity contribution in [3.05, 3.63) is 40.8 Å². The van der Waals surface area contributed by atoms with Gasteiger partial charge in [-0.2, -0.15) is 0 Å². The number of nitrogens with zero attached hydrogens (tertiary/aromatic N) is 2. The van der Waals surface area contributed by atoms with Gasteiger partial charge in [0, 0.05) is 13.2 Å². The molecule has 2 rings (SSSR count). The van der Waals surface area contributed by atoms with Gasteiger partial charge in [-0.3, -0.25) is 4.79 Å². The van der Waals surface area contributed by atoms with Crippen LogP contribution in [0.5, 0.6) is 0 Å². The predicted octanol–water partition coefficient (Wildman–Crippen LogP) is 2.01. The van der Waals surface area contributed by atoms with Crippen molar-refractivity contribution in [3.63, 3.8) is 0 Å². The van der Waals surface area contributed by atoms with E-state index in [1.54, 1.807) is 30.2 Å². The molecule has 72 valence electrons. The number of ketones is 1. The van der Waals surface area contributed by atoms with E-state index in [1.165, 1.54) is 6.26 Å². The van der Waals surface area contributed by atoms with Gasteiger partial charge in [0.25, 0.3) is 0 Å². The number of furan rings is 1. The number of carbonyl (C=O) groups is 1. The Morgan fingerprint density at radius 3 is 2.93 bits per heavy atom. The molecule has 0 bridgehead atoms. The van der Waals surface area contributed by atoms with Gasteiger partial charge in [-0.15, -0.1) is 0 Å². The SMILES string of the molecule is Cn1cnc(C(=O)c2occc2Br)c1. The zero-order valence-corrected chi connectivity index (χ0v) is 8.98. The number of hydrogen-bond acceptors (Lipinski definition) is 3. The molecule has 0 atom stereocenters. The highest BCUT2D eigenvalue weighted by Crippen LogP contribution is 2.20. The molecule has 0 aliphatic rings. The maximum Gasteiger partial charge on any atom is 0.249 e. The second kappa shape index (κ2) is 3.42. The Kier molecular flexibility index (Phi) is 2.25. The Bertz CT molecular complexity index is 473. The lowest BCUT2D eigenvalue weighted by Crippen LogP contribution is -2.00. The molecule has 0 amide bonds. The van der Waals surface area contributed by atoms with Crippen LogP contribution in [-0.4, -0.2) is 15.3 Å². The van der Waals surface area contributed by atoms with Crippen molar-refractivity contribution >= 4 is 21.7 Å². The summed E-state index contributed by atoms with van der Waals surface area (Å²) in [5, 5.41) is 0. The van der Waals surface area contributed by atoms with E-state index in [9.17, 15) is 4.79 Å². The molecule has 0 fully saturated rings. The Morgan fingerprint density at radius 2 is 2.43 bits per heavy atom. The van der Waals surface area contributed by atoms with Crippen LogP contribution >= 0.6 is 15.9 Å². The molecule has 14 heavy (non-hydrogen) atoms. The Morgan fingerprint density at radius 1 is 1.64 bits per heavy atom. The molecule has 0 radical (unpaired) electrons. The number of carbonyl (C=O) groups excluding carboxylic acids is 1. The third-order valence-electron chi connectivity index (χ3n) is 1.76. The third kappa shape index (κ3) is 1.50. The molecule has 0 aliphatic carbocycles. The largest absolute Gasteiger partial charge is 0.460 e. The topological polar surface area (TPSA) is 48.0 Å². The van der Waals surface area contributed by atoms with Crippen molar-refractivity contribution in [2.75, 3.05) is 0 Å². The van der Waals surface area contributed by atoms with E-state index in [4.69, 9.17) is 4.42 Å². The molecule has 0 aromatic carbocycles. The first-order chi connectivity index (χ1) is 6.68. The molecule has 0 saturated heterocycles. The van der Waals surface area contributed by atoms with Crippen LogP contribution < -0.4 is 0 Å². The molecule has 0 unspecified atom stereocenters. The van der Waals surface area contributed by atoms with E-state index in [1.807, 2.05) is 0 Å². The highest BCUT2D eigenvalue weighted by Gasteiger charge is 2.17. The van der Waals surface area contributed by atoms with Gasteiger partial charge in [-0.1, -0.05) is 0 Å². The van der Waals surface area contributed by atoms with Crippen molar-refractivity contribution in [1.29, 1.82) is 0 Å².